The maximum atomic E-state index is 12.1. The van der Waals surface area contributed by atoms with Gasteiger partial charge >= 0.3 is 6.61 Å². The minimum absolute atomic E-state index is 0.0539. The van der Waals surface area contributed by atoms with Crippen molar-refractivity contribution in [1.82, 2.24) is 5.32 Å². The maximum absolute atomic E-state index is 12.1. The molecule has 0 fully saturated rings. The molecule has 0 aromatic heterocycles. The number of hydrogen-bond donors (Lipinski definition) is 2. The van der Waals surface area contributed by atoms with Crippen molar-refractivity contribution in [3.63, 3.8) is 0 Å². The van der Waals surface area contributed by atoms with Crippen LogP contribution in [-0.2, 0) is 0 Å². The first kappa shape index (κ1) is 17.9. The van der Waals surface area contributed by atoms with Gasteiger partial charge < -0.3 is 15.4 Å². The van der Waals surface area contributed by atoms with Gasteiger partial charge in [0.2, 0.25) is 0 Å². The minimum atomic E-state index is -2.91. The molecule has 0 saturated carbocycles. The van der Waals surface area contributed by atoms with Crippen molar-refractivity contribution >= 4 is 34.6 Å². The smallest absolute Gasteiger partial charge is 0.387 e. The standard InChI is InChI=1S/C14H19ClF2N2OS/c1-8(14(2,3)4)18-13(21)19-9-5-6-11(10(15)7-9)20-12(16)17/h5-8,12H,1-4H3,(H2,18,19,21)/t8-/m1/s1. The van der Waals surface area contributed by atoms with Gasteiger partial charge in [-0.15, -0.1) is 0 Å². The fourth-order valence-electron chi connectivity index (χ4n) is 1.35. The molecule has 1 aromatic rings. The zero-order valence-corrected chi connectivity index (χ0v) is 13.9. The number of alkyl halides is 2. The third kappa shape index (κ3) is 6.01. The second-order valence-corrected chi connectivity index (χ2v) is 6.53. The Morgan fingerprint density at radius 3 is 2.43 bits per heavy atom. The Morgan fingerprint density at radius 1 is 1.33 bits per heavy atom. The van der Waals surface area contributed by atoms with Crippen LogP contribution in [-0.4, -0.2) is 17.8 Å². The number of thiocarbonyl (C=S) groups is 1. The summed E-state index contributed by atoms with van der Waals surface area (Å²) in [5, 5.41) is 6.65. The van der Waals surface area contributed by atoms with Crippen LogP contribution in [0.2, 0.25) is 5.02 Å². The van der Waals surface area contributed by atoms with Gasteiger partial charge in [-0.1, -0.05) is 32.4 Å². The summed E-state index contributed by atoms with van der Waals surface area (Å²) in [6.45, 7) is 5.42. The Hall–Kier alpha value is -1.14. The molecule has 0 heterocycles. The predicted molar refractivity (Wildman–Crippen MR) is 86.4 cm³/mol. The molecule has 2 N–H and O–H groups in total. The highest BCUT2D eigenvalue weighted by molar-refractivity contribution is 7.80. The minimum Gasteiger partial charge on any atom is -0.433 e. The summed E-state index contributed by atoms with van der Waals surface area (Å²) >= 11 is 11.1. The molecule has 0 radical (unpaired) electrons. The van der Waals surface area contributed by atoms with Crippen molar-refractivity contribution < 1.29 is 13.5 Å². The van der Waals surface area contributed by atoms with Crippen LogP contribution in [0.1, 0.15) is 27.7 Å². The lowest BCUT2D eigenvalue weighted by Crippen LogP contribution is -2.43. The summed E-state index contributed by atoms with van der Waals surface area (Å²) in [6, 6.07) is 4.58. The van der Waals surface area contributed by atoms with Gasteiger partial charge in [0.15, 0.2) is 5.11 Å². The molecule has 0 unspecified atom stereocenters. The second kappa shape index (κ2) is 7.22. The molecule has 0 aliphatic carbocycles. The quantitative estimate of drug-likeness (QED) is 0.783. The predicted octanol–water partition coefficient (Wildman–Crippen LogP) is 4.66. The first-order valence-corrected chi connectivity index (χ1v) is 7.20. The first-order chi connectivity index (χ1) is 9.59. The van der Waals surface area contributed by atoms with E-state index in [9.17, 15) is 8.78 Å². The third-order valence-electron chi connectivity index (χ3n) is 3.05. The van der Waals surface area contributed by atoms with Crippen LogP contribution in [0, 0.1) is 5.41 Å². The van der Waals surface area contributed by atoms with E-state index in [-0.39, 0.29) is 22.2 Å². The molecule has 1 aromatic carbocycles. The summed E-state index contributed by atoms with van der Waals surface area (Å²) < 4.78 is 28.6. The number of nitrogens with one attached hydrogen (secondary N) is 2. The molecule has 3 nitrogen and oxygen atoms in total. The molecule has 0 spiro atoms. The molecule has 0 amide bonds. The molecule has 118 valence electrons. The molecule has 0 saturated heterocycles. The topological polar surface area (TPSA) is 33.3 Å². The van der Waals surface area contributed by atoms with Crippen molar-refractivity contribution in [1.29, 1.82) is 0 Å². The van der Waals surface area contributed by atoms with Gasteiger partial charge in [-0.25, -0.2) is 0 Å². The Bertz CT molecular complexity index is 506. The van der Waals surface area contributed by atoms with Crippen LogP contribution in [0.15, 0.2) is 18.2 Å². The summed E-state index contributed by atoms with van der Waals surface area (Å²) in [4.78, 5) is 0. The summed E-state index contributed by atoms with van der Waals surface area (Å²) in [6.07, 6.45) is 0. The second-order valence-electron chi connectivity index (χ2n) is 5.71. The van der Waals surface area contributed by atoms with E-state index in [2.05, 4.69) is 36.1 Å². The Morgan fingerprint density at radius 2 is 1.95 bits per heavy atom. The fraction of sp³-hybridized carbons (Fsp3) is 0.500. The molecule has 0 aliphatic heterocycles. The highest BCUT2D eigenvalue weighted by atomic mass is 35.5. The normalized spacial score (nSPS) is 13.0. The molecule has 0 bridgehead atoms. The number of rotatable bonds is 4. The summed E-state index contributed by atoms with van der Waals surface area (Å²) in [5.74, 6) is -0.0702. The number of benzene rings is 1. The van der Waals surface area contributed by atoms with Crippen LogP contribution in [0.3, 0.4) is 0 Å². The molecule has 0 aliphatic rings. The Labute approximate surface area is 134 Å². The van der Waals surface area contributed by atoms with Crippen LogP contribution >= 0.6 is 23.8 Å². The van der Waals surface area contributed by atoms with Gasteiger partial charge in [0.05, 0.1) is 5.02 Å². The monoisotopic (exact) mass is 336 g/mol. The molecule has 1 rings (SSSR count). The SMILES string of the molecule is C[C@@H](NC(=S)Nc1ccc(OC(F)F)c(Cl)c1)C(C)(C)C. The zero-order chi connectivity index (χ0) is 16.2. The summed E-state index contributed by atoms with van der Waals surface area (Å²) in [7, 11) is 0. The Balaban J connectivity index is 2.67. The van der Waals surface area contributed by atoms with Gasteiger partial charge in [-0.3, -0.25) is 0 Å². The molecular weight excluding hydrogens is 318 g/mol. The number of ether oxygens (including phenoxy) is 1. The molecule has 7 heteroatoms. The van der Waals surface area contributed by atoms with Crippen LogP contribution in [0.5, 0.6) is 5.75 Å². The van der Waals surface area contributed by atoms with Crippen molar-refractivity contribution in [2.24, 2.45) is 5.41 Å². The number of halogens is 3. The van der Waals surface area contributed by atoms with E-state index >= 15 is 0 Å². The van der Waals surface area contributed by atoms with Gasteiger partial charge in [-0.05, 0) is 42.8 Å². The van der Waals surface area contributed by atoms with E-state index in [1.54, 1.807) is 6.07 Å². The molecule has 21 heavy (non-hydrogen) atoms. The van der Waals surface area contributed by atoms with Crippen molar-refractivity contribution in [3.8, 4) is 5.75 Å². The highest BCUT2D eigenvalue weighted by Crippen LogP contribution is 2.29. The lowest BCUT2D eigenvalue weighted by molar-refractivity contribution is -0.0497. The van der Waals surface area contributed by atoms with E-state index < -0.39 is 6.61 Å². The zero-order valence-electron chi connectivity index (χ0n) is 12.3. The van der Waals surface area contributed by atoms with Gasteiger partial charge in [0, 0.05) is 11.7 Å². The third-order valence-corrected chi connectivity index (χ3v) is 3.57. The molecule has 1 atom stereocenters. The number of anilines is 1. The summed E-state index contributed by atoms with van der Waals surface area (Å²) in [5.41, 5.74) is 0.651. The van der Waals surface area contributed by atoms with E-state index in [0.717, 1.165) is 0 Å². The lowest BCUT2D eigenvalue weighted by atomic mass is 9.88. The van der Waals surface area contributed by atoms with Crippen LogP contribution < -0.4 is 15.4 Å². The highest BCUT2D eigenvalue weighted by Gasteiger charge is 2.20. The number of hydrogen-bond acceptors (Lipinski definition) is 2. The first-order valence-electron chi connectivity index (χ1n) is 6.41. The molecular formula is C14H19ClF2N2OS. The van der Waals surface area contributed by atoms with E-state index in [1.165, 1.54) is 12.1 Å². The fourth-order valence-corrected chi connectivity index (χ4v) is 1.87. The van der Waals surface area contributed by atoms with Gasteiger partial charge in [0.25, 0.3) is 0 Å². The van der Waals surface area contributed by atoms with Crippen molar-refractivity contribution in [3.05, 3.63) is 23.2 Å². The van der Waals surface area contributed by atoms with Crippen molar-refractivity contribution in [2.45, 2.75) is 40.3 Å². The van der Waals surface area contributed by atoms with E-state index in [4.69, 9.17) is 23.8 Å². The van der Waals surface area contributed by atoms with Gasteiger partial charge in [0.1, 0.15) is 5.75 Å². The van der Waals surface area contributed by atoms with Crippen LogP contribution in [0.25, 0.3) is 0 Å². The van der Waals surface area contributed by atoms with E-state index in [1.807, 2.05) is 6.92 Å². The average Bonchev–Trinajstić information content (AvgIpc) is 2.30. The maximum Gasteiger partial charge on any atom is 0.387 e. The van der Waals surface area contributed by atoms with Gasteiger partial charge in [-0.2, -0.15) is 8.78 Å². The average molecular weight is 337 g/mol. The largest absolute Gasteiger partial charge is 0.433 e. The lowest BCUT2D eigenvalue weighted by Gasteiger charge is -2.29. The van der Waals surface area contributed by atoms with Crippen LogP contribution in [0.4, 0.5) is 14.5 Å². The van der Waals surface area contributed by atoms with Crippen molar-refractivity contribution in [2.75, 3.05) is 5.32 Å². The van der Waals surface area contributed by atoms with E-state index in [0.29, 0.717) is 10.8 Å². The Kier molecular flexibility index (Phi) is 6.16.